The normalized spacial score (nSPS) is 25.5. The number of carboxylic acid groups (broad SMARTS) is 1. The third-order valence-electron chi connectivity index (χ3n) is 2.44. The molecule has 13 heavy (non-hydrogen) atoms. The first-order chi connectivity index (χ1) is 6.27. The maximum Gasteiger partial charge on any atom is 0.306 e. The molecule has 0 unspecified atom stereocenters. The standard InChI is InChI=1S/C10H11NO2/c12-10(13)9-6-7(9)5-8-3-1-2-4-11-8/h1-4,7,9H,5-6H2,(H,12,13)/t7-,9-/m0/s1. The topological polar surface area (TPSA) is 50.2 Å². The molecule has 0 aliphatic heterocycles. The van der Waals surface area contributed by atoms with Gasteiger partial charge in [0.15, 0.2) is 0 Å². The van der Waals surface area contributed by atoms with Gasteiger partial charge in [-0.05, 0) is 30.9 Å². The molecule has 1 aromatic rings. The van der Waals surface area contributed by atoms with Crippen molar-refractivity contribution in [3.8, 4) is 0 Å². The number of pyridine rings is 1. The lowest BCUT2D eigenvalue weighted by atomic mass is 10.2. The number of rotatable bonds is 3. The molecule has 3 nitrogen and oxygen atoms in total. The first-order valence-electron chi connectivity index (χ1n) is 4.40. The van der Waals surface area contributed by atoms with Gasteiger partial charge in [0.25, 0.3) is 0 Å². The van der Waals surface area contributed by atoms with E-state index in [4.69, 9.17) is 5.11 Å². The molecule has 0 radical (unpaired) electrons. The molecule has 1 aliphatic carbocycles. The van der Waals surface area contributed by atoms with Gasteiger partial charge in [0.05, 0.1) is 5.92 Å². The molecule has 0 saturated heterocycles. The molecule has 1 fully saturated rings. The Bertz CT molecular complexity index is 310. The molecule has 1 aromatic heterocycles. The fourth-order valence-electron chi connectivity index (χ4n) is 1.56. The van der Waals surface area contributed by atoms with Crippen molar-refractivity contribution < 1.29 is 9.90 Å². The van der Waals surface area contributed by atoms with Gasteiger partial charge in [0.1, 0.15) is 0 Å². The van der Waals surface area contributed by atoms with Crippen LogP contribution in [-0.4, -0.2) is 16.1 Å². The van der Waals surface area contributed by atoms with E-state index >= 15 is 0 Å². The average Bonchev–Trinajstić information content (AvgIpc) is 2.86. The minimum atomic E-state index is -0.666. The highest BCUT2D eigenvalue weighted by Crippen LogP contribution is 2.40. The molecule has 1 heterocycles. The van der Waals surface area contributed by atoms with Gasteiger partial charge in [-0.2, -0.15) is 0 Å². The molecule has 2 atom stereocenters. The summed E-state index contributed by atoms with van der Waals surface area (Å²) < 4.78 is 0. The van der Waals surface area contributed by atoms with Crippen LogP contribution < -0.4 is 0 Å². The van der Waals surface area contributed by atoms with Gasteiger partial charge in [-0.15, -0.1) is 0 Å². The molecule has 0 aromatic carbocycles. The van der Waals surface area contributed by atoms with Gasteiger partial charge < -0.3 is 5.11 Å². The SMILES string of the molecule is O=C(O)[C@H]1C[C@@H]1Cc1ccccn1. The average molecular weight is 177 g/mol. The number of nitrogens with zero attached hydrogens (tertiary/aromatic N) is 1. The lowest BCUT2D eigenvalue weighted by Gasteiger charge is -1.96. The monoisotopic (exact) mass is 177 g/mol. The Morgan fingerprint density at radius 2 is 2.46 bits per heavy atom. The second kappa shape index (κ2) is 3.17. The maximum atomic E-state index is 10.5. The summed E-state index contributed by atoms with van der Waals surface area (Å²) in [6.45, 7) is 0. The summed E-state index contributed by atoms with van der Waals surface area (Å²) >= 11 is 0. The molecular formula is C10H11NO2. The van der Waals surface area contributed by atoms with Crippen molar-refractivity contribution in [1.29, 1.82) is 0 Å². The molecule has 2 rings (SSSR count). The predicted molar refractivity (Wildman–Crippen MR) is 47.2 cm³/mol. The zero-order chi connectivity index (χ0) is 9.26. The van der Waals surface area contributed by atoms with E-state index in [1.165, 1.54) is 0 Å². The van der Waals surface area contributed by atoms with E-state index in [2.05, 4.69) is 4.98 Å². The quantitative estimate of drug-likeness (QED) is 0.758. The van der Waals surface area contributed by atoms with Crippen LogP contribution in [0.1, 0.15) is 12.1 Å². The minimum absolute atomic E-state index is 0.123. The molecule has 3 heteroatoms. The number of aliphatic carboxylic acids is 1. The van der Waals surface area contributed by atoms with Crippen LogP contribution in [0.25, 0.3) is 0 Å². The Labute approximate surface area is 76.4 Å². The number of carbonyl (C=O) groups is 1. The van der Waals surface area contributed by atoms with E-state index in [0.717, 1.165) is 18.5 Å². The van der Waals surface area contributed by atoms with E-state index in [-0.39, 0.29) is 5.92 Å². The number of hydrogen-bond acceptors (Lipinski definition) is 2. The highest BCUT2D eigenvalue weighted by molar-refractivity contribution is 5.73. The number of aromatic nitrogens is 1. The summed E-state index contributed by atoms with van der Waals surface area (Å²) in [5, 5.41) is 8.68. The van der Waals surface area contributed by atoms with Crippen LogP contribution in [0.5, 0.6) is 0 Å². The predicted octanol–water partition coefficient (Wildman–Crippen LogP) is 1.34. The van der Waals surface area contributed by atoms with Crippen molar-refractivity contribution in [3.63, 3.8) is 0 Å². The van der Waals surface area contributed by atoms with Crippen molar-refractivity contribution in [2.24, 2.45) is 11.8 Å². The molecule has 0 spiro atoms. The number of hydrogen-bond donors (Lipinski definition) is 1. The second-order valence-corrected chi connectivity index (χ2v) is 3.47. The minimum Gasteiger partial charge on any atom is -0.481 e. The smallest absolute Gasteiger partial charge is 0.306 e. The van der Waals surface area contributed by atoms with E-state index in [1.54, 1.807) is 6.20 Å². The van der Waals surface area contributed by atoms with Crippen molar-refractivity contribution in [1.82, 2.24) is 4.98 Å². The third kappa shape index (κ3) is 1.86. The molecule has 1 aliphatic rings. The van der Waals surface area contributed by atoms with Gasteiger partial charge in [0.2, 0.25) is 0 Å². The second-order valence-electron chi connectivity index (χ2n) is 3.47. The fourth-order valence-corrected chi connectivity index (χ4v) is 1.56. The van der Waals surface area contributed by atoms with Crippen molar-refractivity contribution in [3.05, 3.63) is 30.1 Å². The third-order valence-corrected chi connectivity index (χ3v) is 2.44. The van der Waals surface area contributed by atoms with Crippen LogP contribution in [0.3, 0.4) is 0 Å². The summed E-state index contributed by atoms with van der Waals surface area (Å²) in [6, 6.07) is 5.74. The van der Waals surface area contributed by atoms with E-state index in [0.29, 0.717) is 5.92 Å². The Kier molecular flexibility index (Phi) is 2.00. The summed E-state index contributed by atoms with van der Waals surface area (Å²) in [5.74, 6) is -0.477. The number of carboxylic acids is 1. The van der Waals surface area contributed by atoms with Gasteiger partial charge in [0, 0.05) is 11.9 Å². The Balaban J connectivity index is 1.92. The lowest BCUT2D eigenvalue weighted by molar-refractivity contribution is -0.138. The van der Waals surface area contributed by atoms with Crippen molar-refractivity contribution in [2.75, 3.05) is 0 Å². The van der Waals surface area contributed by atoms with Gasteiger partial charge in [-0.25, -0.2) is 0 Å². The first kappa shape index (κ1) is 8.23. The van der Waals surface area contributed by atoms with Crippen molar-refractivity contribution >= 4 is 5.97 Å². The Morgan fingerprint density at radius 1 is 1.62 bits per heavy atom. The highest BCUT2D eigenvalue weighted by Gasteiger charge is 2.42. The highest BCUT2D eigenvalue weighted by atomic mass is 16.4. The van der Waals surface area contributed by atoms with Crippen LogP contribution in [-0.2, 0) is 11.2 Å². The zero-order valence-corrected chi connectivity index (χ0v) is 7.18. The van der Waals surface area contributed by atoms with Crippen LogP contribution in [0.4, 0.5) is 0 Å². The first-order valence-corrected chi connectivity index (χ1v) is 4.40. The molecule has 68 valence electrons. The van der Waals surface area contributed by atoms with E-state index in [9.17, 15) is 4.79 Å². The van der Waals surface area contributed by atoms with E-state index in [1.807, 2.05) is 18.2 Å². The lowest BCUT2D eigenvalue weighted by Crippen LogP contribution is -2.01. The summed E-state index contributed by atoms with van der Waals surface area (Å²) in [5.41, 5.74) is 0.997. The Morgan fingerprint density at radius 3 is 3.00 bits per heavy atom. The summed E-state index contributed by atoms with van der Waals surface area (Å²) in [7, 11) is 0. The van der Waals surface area contributed by atoms with Crippen molar-refractivity contribution in [2.45, 2.75) is 12.8 Å². The van der Waals surface area contributed by atoms with Crippen LogP contribution in [0, 0.1) is 11.8 Å². The van der Waals surface area contributed by atoms with Gasteiger partial charge >= 0.3 is 5.97 Å². The molecule has 0 bridgehead atoms. The zero-order valence-electron chi connectivity index (χ0n) is 7.18. The Hall–Kier alpha value is -1.38. The van der Waals surface area contributed by atoms with Crippen LogP contribution >= 0.6 is 0 Å². The molecular weight excluding hydrogens is 166 g/mol. The summed E-state index contributed by atoms with van der Waals surface area (Å²) in [6.07, 6.45) is 3.36. The molecule has 1 N–H and O–H groups in total. The maximum absolute atomic E-state index is 10.5. The van der Waals surface area contributed by atoms with Gasteiger partial charge in [-0.1, -0.05) is 6.07 Å². The molecule has 1 saturated carbocycles. The largest absolute Gasteiger partial charge is 0.481 e. The fraction of sp³-hybridized carbons (Fsp3) is 0.400. The van der Waals surface area contributed by atoms with Gasteiger partial charge in [-0.3, -0.25) is 9.78 Å². The van der Waals surface area contributed by atoms with Crippen LogP contribution in [0.15, 0.2) is 24.4 Å². The van der Waals surface area contributed by atoms with Crippen LogP contribution in [0.2, 0.25) is 0 Å². The summed E-state index contributed by atoms with van der Waals surface area (Å²) in [4.78, 5) is 14.7. The van der Waals surface area contributed by atoms with E-state index < -0.39 is 5.97 Å². The molecule has 0 amide bonds.